The second kappa shape index (κ2) is 12.0. The molecule has 6 heteroatoms. The molecule has 2 amide bonds. The van der Waals surface area contributed by atoms with Gasteiger partial charge in [0.1, 0.15) is 6.04 Å². The highest BCUT2D eigenvalue weighted by molar-refractivity contribution is 9.10. The molecule has 0 aliphatic rings. The Bertz CT molecular complexity index is 781. The number of hydrogen-bond acceptors (Lipinski definition) is 3. The summed E-state index contributed by atoms with van der Waals surface area (Å²) < 4.78 is 1.04. The van der Waals surface area contributed by atoms with E-state index in [1.165, 1.54) is 5.56 Å². The van der Waals surface area contributed by atoms with Crippen molar-refractivity contribution in [2.75, 3.05) is 12.3 Å². The van der Waals surface area contributed by atoms with Crippen molar-refractivity contribution in [1.29, 1.82) is 0 Å². The van der Waals surface area contributed by atoms with Gasteiger partial charge in [-0.25, -0.2) is 0 Å². The Morgan fingerprint density at radius 1 is 1.00 bits per heavy atom. The van der Waals surface area contributed by atoms with Crippen LogP contribution in [0.2, 0.25) is 0 Å². The second-order valence-electron chi connectivity index (χ2n) is 7.44. The van der Waals surface area contributed by atoms with Crippen LogP contribution in [0.25, 0.3) is 0 Å². The SMILES string of the molecule is CC(C)CNC(=O)C(C)N(Cc1ccccc1)C(=O)CSCc1ccc(Br)cc1. The lowest BCUT2D eigenvalue weighted by molar-refractivity contribution is -0.138. The van der Waals surface area contributed by atoms with Gasteiger partial charge >= 0.3 is 0 Å². The van der Waals surface area contributed by atoms with Gasteiger partial charge in [-0.2, -0.15) is 0 Å². The van der Waals surface area contributed by atoms with Gasteiger partial charge in [0.05, 0.1) is 5.75 Å². The first kappa shape index (κ1) is 23.5. The standard InChI is InChI=1S/C23H29BrN2O2S/c1-17(2)13-25-23(28)18(3)26(14-19-7-5-4-6-8-19)22(27)16-29-15-20-9-11-21(24)12-10-20/h4-12,17-18H,13-16H2,1-3H3,(H,25,28). The molecule has 0 bridgehead atoms. The van der Waals surface area contributed by atoms with Crippen molar-refractivity contribution in [2.24, 2.45) is 5.92 Å². The van der Waals surface area contributed by atoms with Gasteiger partial charge in [-0.05, 0) is 36.1 Å². The topological polar surface area (TPSA) is 49.4 Å². The fourth-order valence-electron chi connectivity index (χ4n) is 2.73. The average Bonchev–Trinajstić information content (AvgIpc) is 2.71. The van der Waals surface area contributed by atoms with Crippen molar-refractivity contribution in [2.45, 2.75) is 39.1 Å². The molecule has 0 fully saturated rings. The molecule has 0 radical (unpaired) electrons. The van der Waals surface area contributed by atoms with Gasteiger partial charge in [0, 0.05) is 23.3 Å². The summed E-state index contributed by atoms with van der Waals surface area (Å²) in [6, 6.07) is 17.4. The van der Waals surface area contributed by atoms with Crippen LogP contribution >= 0.6 is 27.7 Å². The molecule has 0 aromatic heterocycles. The van der Waals surface area contributed by atoms with Crippen LogP contribution < -0.4 is 5.32 Å². The molecule has 0 aliphatic carbocycles. The minimum Gasteiger partial charge on any atom is -0.354 e. The normalized spacial score (nSPS) is 11.9. The predicted molar refractivity (Wildman–Crippen MR) is 125 cm³/mol. The maximum atomic E-state index is 13.0. The summed E-state index contributed by atoms with van der Waals surface area (Å²) in [6.07, 6.45) is 0. The summed E-state index contributed by atoms with van der Waals surface area (Å²) in [5, 5.41) is 2.95. The first-order valence-corrected chi connectivity index (χ1v) is 11.7. The molecule has 156 valence electrons. The predicted octanol–water partition coefficient (Wildman–Crippen LogP) is 4.87. The summed E-state index contributed by atoms with van der Waals surface area (Å²) in [6.45, 7) is 6.94. The Morgan fingerprint density at radius 2 is 1.66 bits per heavy atom. The van der Waals surface area contributed by atoms with E-state index in [9.17, 15) is 9.59 Å². The van der Waals surface area contributed by atoms with Crippen LogP contribution in [-0.4, -0.2) is 35.1 Å². The van der Waals surface area contributed by atoms with E-state index in [0.717, 1.165) is 15.8 Å². The molecule has 2 aromatic rings. The lowest BCUT2D eigenvalue weighted by Gasteiger charge is -2.29. The van der Waals surface area contributed by atoms with Crippen molar-refractivity contribution in [3.63, 3.8) is 0 Å². The van der Waals surface area contributed by atoms with Crippen molar-refractivity contribution in [3.05, 3.63) is 70.2 Å². The molecule has 0 saturated heterocycles. The van der Waals surface area contributed by atoms with Gasteiger partial charge in [-0.3, -0.25) is 9.59 Å². The Hall–Kier alpha value is -1.79. The number of nitrogens with zero attached hydrogens (tertiary/aromatic N) is 1. The van der Waals surface area contributed by atoms with Gasteiger partial charge in [0.25, 0.3) is 0 Å². The van der Waals surface area contributed by atoms with Crippen molar-refractivity contribution >= 4 is 39.5 Å². The first-order valence-electron chi connectivity index (χ1n) is 9.80. The van der Waals surface area contributed by atoms with Crippen LogP contribution in [0.4, 0.5) is 0 Å². The number of amides is 2. The molecule has 2 rings (SSSR count). The van der Waals surface area contributed by atoms with Gasteiger partial charge in [-0.15, -0.1) is 11.8 Å². The molecule has 29 heavy (non-hydrogen) atoms. The van der Waals surface area contributed by atoms with Gasteiger partial charge in [0.15, 0.2) is 0 Å². The molecule has 4 nitrogen and oxygen atoms in total. The Balaban J connectivity index is 2.01. The average molecular weight is 477 g/mol. The van der Waals surface area contributed by atoms with Gasteiger partial charge < -0.3 is 10.2 Å². The third kappa shape index (κ3) is 8.23. The molecule has 0 heterocycles. The fraction of sp³-hybridized carbons (Fsp3) is 0.391. The highest BCUT2D eigenvalue weighted by atomic mass is 79.9. The van der Waals surface area contributed by atoms with E-state index in [1.807, 2.05) is 54.6 Å². The first-order chi connectivity index (χ1) is 13.9. The van der Waals surface area contributed by atoms with E-state index >= 15 is 0 Å². The molecule has 0 spiro atoms. The molecular formula is C23H29BrN2O2S. The van der Waals surface area contributed by atoms with Crippen LogP contribution in [0.1, 0.15) is 31.9 Å². The smallest absolute Gasteiger partial charge is 0.242 e. The maximum absolute atomic E-state index is 13.0. The summed E-state index contributed by atoms with van der Waals surface area (Å²) in [4.78, 5) is 27.3. The quantitative estimate of drug-likeness (QED) is 0.531. The molecule has 1 unspecified atom stereocenters. The highest BCUT2D eigenvalue weighted by Gasteiger charge is 2.26. The third-order valence-electron chi connectivity index (χ3n) is 4.46. The van der Waals surface area contributed by atoms with E-state index in [4.69, 9.17) is 0 Å². The zero-order valence-corrected chi connectivity index (χ0v) is 19.6. The summed E-state index contributed by atoms with van der Waals surface area (Å²) in [7, 11) is 0. The van der Waals surface area contributed by atoms with Crippen LogP contribution in [0.3, 0.4) is 0 Å². The number of carbonyl (C=O) groups excluding carboxylic acids is 2. The van der Waals surface area contributed by atoms with Crippen LogP contribution in [0.15, 0.2) is 59.1 Å². The minimum atomic E-state index is -0.519. The summed E-state index contributed by atoms with van der Waals surface area (Å²) in [5.74, 6) is 1.33. The third-order valence-corrected chi connectivity index (χ3v) is 5.97. The second-order valence-corrected chi connectivity index (χ2v) is 9.34. The molecule has 2 aromatic carbocycles. The number of thioether (sulfide) groups is 1. The number of benzene rings is 2. The Labute approximate surface area is 186 Å². The number of nitrogens with one attached hydrogen (secondary N) is 1. The minimum absolute atomic E-state index is 0.0249. The molecule has 1 N–H and O–H groups in total. The van der Waals surface area contributed by atoms with Gasteiger partial charge in [0.2, 0.25) is 11.8 Å². The number of halogens is 1. The van der Waals surface area contributed by atoms with E-state index in [1.54, 1.807) is 23.6 Å². The lowest BCUT2D eigenvalue weighted by atomic mass is 10.1. The van der Waals surface area contributed by atoms with Crippen molar-refractivity contribution in [3.8, 4) is 0 Å². The highest BCUT2D eigenvalue weighted by Crippen LogP contribution is 2.18. The van der Waals surface area contributed by atoms with E-state index in [-0.39, 0.29) is 11.8 Å². The van der Waals surface area contributed by atoms with Crippen LogP contribution in [-0.2, 0) is 21.9 Å². The Kier molecular flexibility index (Phi) is 9.74. The Morgan fingerprint density at radius 3 is 2.28 bits per heavy atom. The van der Waals surface area contributed by atoms with Crippen molar-refractivity contribution < 1.29 is 9.59 Å². The fourth-order valence-corrected chi connectivity index (χ4v) is 3.87. The van der Waals surface area contributed by atoms with E-state index < -0.39 is 6.04 Å². The van der Waals surface area contributed by atoms with Crippen molar-refractivity contribution in [1.82, 2.24) is 10.2 Å². The number of carbonyl (C=O) groups is 2. The van der Waals surface area contributed by atoms with Gasteiger partial charge in [-0.1, -0.05) is 72.2 Å². The number of hydrogen-bond donors (Lipinski definition) is 1. The monoisotopic (exact) mass is 476 g/mol. The molecule has 0 saturated carbocycles. The maximum Gasteiger partial charge on any atom is 0.242 e. The summed E-state index contributed by atoms with van der Waals surface area (Å²) >= 11 is 5.00. The van der Waals surface area contributed by atoms with Crippen LogP contribution in [0, 0.1) is 5.92 Å². The lowest BCUT2D eigenvalue weighted by Crippen LogP contribution is -2.48. The zero-order valence-electron chi connectivity index (χ0n) is 17.2. The summed E-state index contributed by atoms with van der Waals surface area (Å²) in [5.41, 5.74) is 2.19. The molecule has 1 atom stereocenters. The number of rotatable bonds is 10. The largest absolute Gasteiger partial charge is 0.354 e. The molecular weight excluding hydrogens is 448 g/mol. The van der Waals surface area contributed by atoms with E-state index in [2.05, 4.69) is 35.1 Å². The molecule has 0 aliphatic heterocycles. The van der Waals surface area contributed by atoms with E-state index in [0.29, 0.717) is 24.8 Å². The zero-order chi connectivity index (χ0) is 21.2. The van der Waals surface area contributed by atoms with Crippen LogP contribution in [0.5, 0.6) is 0 Å².